The van der Waals surface area contributed by atoms with Crippen molar-refractivity contribution >= 4 is 17.7 Å². The maximum Gasteiger partial charge on any atom is 0.239 e. The lowest BCUT2D eigenvalue weighted by atomic mass is 10.1. The van der Waals surface area contributed by atoms with E-state index in [2.05, 4.69) is 5.32 Å². The summed E-state index contributed by atoms with van der Waals surface area (Å²) < 4.78 is 0. The second kappa shape index (κ2) is 6.64. The van der Waals surface area contributed by atoms with Crippen molar-refractivity contribution in [3.8, 4) is 0 Å². The molecule has 17 heavy (non-hydrogen) atoms. The lowest BCUT2D eigenvalue weighted by Crippen LogP contribution is -2.50. The van der Waals surface area contributed by atoms with Gasteiger partial charge < -0.3 is 10.2 Å². The zero-order valence-corrected chi connectivity index (χ0v) is 11.6. The van der Waals surface area contributed by atoms with Gasteiger partial charge in [0.15, 0.2) is 0 Å². The Bertz CT molecular complexity index is 248. The number of nitrogens with one attached hydrogen (secondary N) is 1. The number of nitrogens with zero attached hydrogens (tertiary/aromatic N) is 1. The summed E-state index contributed by atoms with van der Waals surface area (Å²) in [6, 6.07) is 0.557. The van der Waals surface area contributed by atoms with Crippen LogP contribution in [0.1, 0.15) is 39.0 Å². The molecule has 0 aromatic heterocycles. The SMILES string of the molecule is CC(NC1CCSCC1)C(=O)N1CCCCC1. The zero-order valence-electron chi connectivity index (χ0n) is 10.8. The van der Waals surface area contributed by atoms with Crippen LogP contribution in [0.25, 0.3) is 0 Å². The van der Waals surface area contributed by atoms with Crippen LogP contribution in [0.4, 0.5) is 0 Å². The third kappa shape index (κ3) is 3.88. The smallest absolute Gasteiger partial charge is 0.239 e. The van der Waals surface area contributed by atoms with Crippen LogP contribution in [0.5, 0.6) is 0 Å². The van der Waals surface area contributed by atoms with Gasteiger partial charge in [0.1, 0.15) is 0 Å². The predicted molar refractivity (Wildman–Crippen MR) is 73.4 cm³/mol. The van der Waals surface area contributed by atoms with Crippen molar-refractivity contribution in [2.45, 2.75) is 51.1 Å². The van der Waals surface area contributed by atoms with E-state index >= 15 is 0 Å². The molecule has 2 saturated heterocycles. The first-order valence-corrected chi connectivity index (χ1v) is 8.05. The molecule has 0 aliphatic carbocycles. The monoisotopic (exact) mass is 256 g/mol. The highest BCUT2D eigenvalue weighted by atomic mass is 32.2. The van der Waals surface area contributed by atoms with E-state index in [0.717, 1.165) is 13.1 Å². The van der Waals surface area contributed by atoms with E-state index in [-0.39, 0.29) is 6.04 Å². The Kier molecular flexibility index (Phi) is 5.16. The van der Waals surface area contributed by atoms with Crippen molar-refractivity contribution in [3.05, 3.63) is 0 Å². The van der Waals surface area contributed by atoms with Crippen LogP contribution in [0.3, 0.4) is 0 Å². The number of hydrogen-bond donors (Lipinski definition) is 1. The highest BCUT2D eigenvalue weighted by Gasteiger charge is 2.24. The maximum atomic E-state index is 12.2. The summed E-state index contributed by atoms with van der Waals surface area (Å²) in [5, 5.41) is 3.51. The van der Waals surface area contributed by atoms with Gasteiger partial charge in [-0.2, -0.15) is 11.8 Å². The molecule has 1 unspecified atom stereocenters. The molecular weight excluding hydrogens is 232 g/mol. The fraction of sp³-hybridized carbons (Fsp3) is 0.923. The number of amides is 1. The fourth-order valence-electron chi connectivity index (χ4n) is 2.68. The van der Waals surface area contributed by atoms with Crippen LogP contribution in [0.2, 0.25) is 0 Å². The average Bonchev–Trinajstić information content (AvgIpc) is 2.40. The Morgan fingerprint density at radius 1 is 1.24 bits per heavy atom. The van der Waals surface area contributed by atoms with Gasteiger partial charge in [0.05, 0.1) is 6.04 Å². The summed E-state index contributed by atoms with van der Waals surface area (Å²) >= 11 is 2.03. The number of hydrogen-bond acceptors (Lipinski definition) is 3. The molecule has 2 aliphatic rings. The Morgan fingerprint density at radius 2 is 1.88 bits per heavy atom. The molecule has 98 valence electrons. The minimum absolute atomic E-state index is 0.00111. The van der Waals surface area contributed by atoms with Crippen LogP contribution in [-0.2, 0) is 4.79 Å². The first-order valence-electron chi connectivity index (χ1n) is 6.90. The molecule has 2 rings (SSSR count). The molecule has 4 heteroatoms. The second-order valence-corrected chi connectivity index (χ2v) is 6.39. The van der Waals surface area contributed by atoms with Crippen molar-refractivity contribution in [1.29, 1.82) is 0 Å². The average molecular weight is 256 g/mol. The van der Waals surface area contributed by atoms with Gasteiger partial charge in [-0.25, -0.2) is 0 Å². The minimum Gasteiger partial charge on any atom is -0.341 e. The van der Waals surface area contributed by atoms with Crippen LogP contribution in [0.15, 0.2) is 0 Å². The van der Waals surface area contributed by atoms with E-state index < -0.39 is 0 Å². The third-order valence-electron chi connectivity index (χ3n) is 3.75. The van der Waals surface area contributed by atoms with Gasteiger partial charge in [0.2, 0.25) is 5.91 Å². The Morgan fingerprint density at radius 3 is 2.53 bits per heavy atom. The summed E-state index contributed by atoms with van der Waals surface area (Å²) in [5.41, 5.74) is 0. The van der Waals surface area contributed by atoms with Crippen molar-refractivity contribution in [2.24, 2.45) is 0 Å². The molecule has 3 nitrogen and oxygen atoms in total. The molecule has 2 heterocycles. The molecule has 0 saturated carbocycles. The second-order valence-electron chi connectivity index (χ2n) is 5.16. The van der Waals surface area contributed by atoms with E-state index in [4.69, 9.17) is 0 Å². The van der Waals surface area contributed by atoms with E-state index in [9.17, 15) is 4.79 Å². The van der Waals surface area contributed by atoms with Crippen LogP contribution >= 0.6 is 11.8 Å². The van der Waals surface area contributed by atoms with Gasteiger partial charge in [0.25, 0.3) is 0 Å². The van der Waals surface area contributed by atoms with Crippen molar-refractivity contribution in [3.63, 3.8) is 0 Å². The predicted octanol–water partition coefficient (Wildman–Crippen LogP) is 1.87. The van der Waals surface area contributed by atoms with Crippen LogP contribution in [-0.4, -0.2) is 47.5 Å². The van der Waals surface area contributed by atoms with Crippen molar-refractivity contribution in [1.82, 2.24) is 10.2 Å². The largest absolute Gasteiger partial charge is 0.341 e. The summed E-state index contributed by atoms with van der Waals surface area (Å²) in [6.07, 6.45) is 6.06. The number of likely N-dealkylation sites (tertiary alicyclic amines) is 1. The molecule has 0 radical (unpaired) electrons. The summed E-state index contributed by atoms with van der Waals surface area (Å²) in [7, 11) is 0. The molecule has 2 aliphatic heterocycles. The van der Waals surface area contributed by atoms with Gasteiger partial charge in [-0.3, -0.25) is 4.79 Å². The molecule has 1 amide bonds. The lowest BCUT2D eigenvalue weighted by Gasteiger charge is -2.32. The van der Waals surface area contributed by atoms with E-state index in [1.165, 1.54) is 43.6 Å². The quantitative estimate of drug-likeness (QED) is 0.837. The van der Waals surface area contributed by atoms with E-state index in [1.54, 1.807) is 0 Å². The minimum atomic E-state index is 0.00111. The molecule has 2 fully saturated rings. The molecule has 0 spiro atoms. The van der Waals surface area contributed by atoms with Gasteiger partial charge >= 0.3 is 0 Å². The number of carbonyl (C=O) groups excluding carboxylic acids is 1. The standard InChI is InChI=1S/C13H24N2OS/c1-11(14-12-5-9-17-10-6-12)13(16)15-7-3-2-4-8-15/h11-12,14H,2-10H2,1H3. The highest BCUT2D eigenvalue weighted by Crippen LogP contribution is 2.18. The zero-order chi connectivity index (χ0) is 12.1. The summed E-state index contributed by atoms with van der Waals surface area (Å²) in [5.74, 6) is 2.79. The first kappa shape index (κ1) is 13.2. The first-order chi connectivity index (χ1) is 8.27. The molecule has 0 bridgehead atoms. The van der Waals surface area contributed by atoms with Crippen molar-refractivity contribution < 1.29 is 4.79 Å². The lowest BCUT2D eigenvalue weighted by molar-refractivity contribution is -0.134. The van der Waals surface area contributed by atoms with Crippen molar-refractivity contribution in [2.75, 3.05) is 24.6 Å². The van der Waals surface area contributed by atoms with Gasteiger partial charge in [-0.15, -0.1) is 0 Å². The Hall–Kier alpha value is -0.220. The Labute approximate surface area is 109 Å². The highest BCUT2D eigenvalue weighted by molar-refractivity contribution is 7.99. The number of carbonyl (C=O) groups is 1. The topological polar surface area (TPSA) is 32.3 Å². The summed E-state index contributed by atoms with van der Waals surface area (Å²) in [6.45, 7) is 3.95. The van der Waals surface area contributed by atoms with Gasteiger partial charge in [0, 0.05) is 19.1 Å². The number of piperidine rings is 1. The van der Waals surface area contributed by atoms with Crippen LogP contribution < -0.4 is 5.32 Å². The summed E-state index contributed by atoms with van der Waals surface area (Å²) in [4.78, 5) is 14.3. The van der Waals surface area contributed by atoms with Crippen LogP contribution in [0, 0.1) is 0 Å². The molecular formula is C13H24N2OS. The molecule has 1 atom stereocenters. The third-order valence-corrected chi connectivity index (χ3v) is 4.79. The maximum absolute atomic E-state index is 12.2. The molecule has 0 aromatic carbocycles. The fourth-order valence-corrected chi connectivity index (χ4v) is 3.78. The van der Waals surface area contributed by atoms with E-state index in [0.29, 0.717) is 11.9 Å². The Balaban J connectivity index is 1.77. The number of thioether (sulfide) groups is 1. The normalized spacial score (nSPS) is 24.6. The van der Waals surface area contributed by atoms with Gasteiger partial charge in [-0.05, 0) is 50.5 Å². The number of rotatable bonds is 3. The molecule has 0 aromatic rings. The molecule has 1 N–H and O–H groups in total. The van der Waals surface area contributed by atoms with Gasteiger partial charge in [-0.1, -0.05) is 0 Å². The van der Waals surface area contributed by atoms with E-state index in [1.807, 2.05) is 23.6 Å².